The van der Waals surface area contributed by atoms with E-state index in [1.54, 1.807) is 0 Å². The summed E-state index contributed by atoms with van der Waals surface area (Å²) < 4.78 is 23.8. The molecule has 1 aromatic rings. The van der Waals surface area contributed by atoms with Crippen LogP contribution < -0.4 is 57.1 Å². The van der Waals surface area contributed by atoms with E-state index in [0.717, 1.165) is 10.8 Å². The van der Waals surface area contributed by atoms with Crippen LogP contribution in [0.25, 0.3) is 0 Å². The van der Waals surface area contributed by atoms with Crippen molar-refractivity contribution in [3.63, 3.8) is 0 Å². The average Bonchev–Trinajstić information content (AvgIpc) is 2.80. The van der Waals surface area contributed by atoms with Gasteiger partial charge in [-0.15, -0.1) is 0 Å². The molecule has 1 aliphatic heterocycles. The Kier molecular flexibility index (Phi) is 6.71. The van der Waals surface area contributed by atoms with Crippen molar-refractivity contribution in [1.29, 1.82) is 0 Å². The van der Waals surface area contributed by atoms with Crippen LogP contribution in [0.3, 0.4) is 0 Å². The predicted octanol–water partition coefficient (Wildman–Crippen LogP) is -2.56. The Morgan fingerprint density at radius 3 is 2.95 bits per heavy atom. The molecule has 0 saturated carbocycles. The summed E-state index contributed by atoms with van der Waals surface area (Å²) in [6.45, 7) is -0.216. The van der Waals surface area contributed by atoms with Gasteiger partial charge in [0, 0.05) is 6.20 Å². The Bertz CT molecular complexity index is 594. The van der Waals surface area contributed by atoms with Crippen molar-refractivity contribution in [3.05, 3.63) is 34.7 Å². The fraction of sp³-hybridized carbons (Fsp3) is 0.300. The number of rotatable bonds is 3. The van der Waals surface area contributed by atoms with Gasteiger partial charge in [-0.05, 0) is 11.1 Å². The number of nitrogens with zero attached hydrogens (tertiary/aromatic N) is 2. The number of carbonyl (C=O) groups is 1. The molecule has 0 amide bonds. The van der Waals surface area contributed by atoms with Crippen molar-refractivity contribution in [3.8, 4) is 0 Å². The van der Waals surface area contributed by atoms with Crippen LogP contribution in [0.1, 0.15) is 6.23 Å². The molecule has 10 heteroatoms. The van der Waals surface area contributed by atoms with Gasteiger partial charge in [0.25, 0.3) is 0 Å². The Balaban J connectivity index is 0.00000200. The third-order valence-corrected chi connectivity index (χ3v) is 2.61. The van der Waals surface area contributed by atoms with Crippen molar-refractivity contribution in [2.75, 3.05) is 6.61 Å². The second-order valence-corrected chi connectivity index (χ2v) is 4.00. The van der Waals surface area contributed by atoms with E-state index >= 15 is 0 Å². The van der Waals surface area contributed by atoms with Crippen molar-refractivity contribution in [2.45, 2.75) is 17.4 Å². The molecule has 0 spiro atoms. The molecule has 2 unspecified atom stereocenters. The molecule has 20 heavy (non-hydrogen) atoms. The fourth-order valence-corrected chi connectivity index (χ4v) is 1.64. The van der Waals surface area contributed by atoms with Gasteiger partial charge in [0.15, 0.2) is 6.23 Å². The molecular weight excluding hydrogens is 318 g/mol. The van der Waals surface area contributed by atoms with Crippen molar-refractivity contribution < 1.29 is 75.1 Å². The van der Waals surface area contributed by atoms with Gasteiger partial charge in [0.05, 0.1) is 0 Å². The molecule has 0 bridgehead atoms. The van der Waals surface area contributed by atoms with E-state index in [1.165, 1.54) is 12.2 Å². The van der Waals surface area contributed by atoms with E-state index in [9.17, 15) is 14.0 Å². The van der Waals surface area contributed by atoms with Crippen LogP contribution in [0.2, 0.25) is 0 Å². The first kappa shape index (κ1) is 17.7. The van der Waals surface area contributed by atoms with Gasteiger partial charge in [0.2, 0.25) is 0 Å². The number of halogens is 1. The zero-order valence-electron chi connectivity index (χ0n) is 10.4. The number of hydrogen-bond donors (Lipinski definition) is 1. The van der Waals surface area contributed by atoms with E-state index in [0.29, 0.717) is 0 Å². The quantitative estimate of drug-likeness (QED) is 0.215. The smallest absolute Gasteiger partial charge is 0.757 e. The molecule has 0 radical (unpaired) electrons. The third-order valence-electron chi connectivity index (χ3n) is 2.32. The topological polar surface area (TPSA) is 90.6 Å². The number of hydrogen-bond acceptors (Lipinski definition) is 6. The van der Waals surface area contributed by atoms with Crippen molar-refractivity contribution in [2.24, 2.45) is 0 Å². The van der Waals surface area contributed by atoms with Gasteiger partial charge < -0.3 is 27.2 Å². The van der Waals surface area contributed by atoms with Crippen LogP contribution in [-0.2, 0) is 22.1 Å². The van der Waals surface area contributed by atoms with Gasteiger partial charge in [-0.1, -0.05) is 6.08 Å². The molecule has 0 aliphatic carbocycles. The number of carboxylic acid groups (broad SMARTS) is 1. The van der Waals surface area contributed by atoms with E-state index in [-0.39, 0.29) is 58.0 Å². The summed E-state index contributed by atoms with van der Waals surface area (Å²) in [7, 11) is 0. The van der Waals surface area contributed by atoms with E-state index in [4.69, 9.17) is 9.84 Å². The van der Waals surface area contributed by atoms with Gasteiger partial charge >= 0.3 is 63.2 Å². The van der Waals surface area contributed by atoms with Gasteiger partial charge in [-0.3, -0.25) is 4.57 Å². The van der Waals surface area contributed by atoms with Crippen LogP contribution in [0.4, 0.5) is 9.18 Å². The Labute approximate surface area is 160 Å². The molecule has 7 nitrogen and oxygen atoms in total. The normalized spacial score (nSPS) is 20.4. The molecule has 2 heterocycles. The first-order valence-electron chi connectivity index (χ1n) is 5.12. The van der Waals surface area contributed by atoms with Crippen LogP contribution in [0.15, 0.2) is 28.2 Å². The summed E-state index contributed by atoms with van der Waals surface area (Å²) in [6.07, 6.45) is 0.946. The maximum Gasteiger partial charge on any atom is 1.00 e. The zero-order chi connectivity index (χ0) is 14.0. The van der Waals surface area contributed by atoms with E-state index in [2.05, 4.69) is 22.3 Å². The standard InChI is InChI=1S/C10H9FN2O5S.K/c11-6-3-13(9(14)12-8(6)19)7-2-1-5(18-7)4-17-10(15)16;/h1-3,5,7H,4H2,(H,15,16)(H,12,14,19);/q;+1/p-1. The molecule has 1 N–H and O–H groups in total. The minimum absolute atomic E-state index is 0. The van der Waals surface area contributed by atoms with Crippen LogP contribution in [-0.4, -0.2) is 33.5 Å². The summed E-state index contributed by atoms with van der Waals surface area (Å²) in [5.74, 6) is -0.808. The monoisotopic (exact) mass is 326 g/mol. The summed E-state index contributed by atoms with van der Waals surface area (Å²) >= 11 is 4.52. The molecule has 0 fully saturated rings. The Morgan fingerprint density at radius 2 is 2.30 bits per heavy atom. The molecule has 2 rings (SSSR count). The van der Waals surface area contributed by atoms with Crippen LogP contribution in [0, 0.1) is 5.82 Å². The van der Waals surface area contributed by atoms with Gasteiger partial charge in [-0.2, -0.15) is 0 Å². The molecule has 102 valence electrons. The molecule has 0 saturated heterocycles. The van der Waals surface area contributed by atoms with E-state index < -0.39 is 35.0 Å². The fourth-order valence-electron chi connectivity index (χ4n) is 1.51. The van der Waals surface area contributed by atoms with E-state index in [1.807, 2.05) is 0 Å². The van der Waals surface area contributed by atoms with Gasteiger partial charge in [0.1, 0.15) is 18.5 Å². The Hall–Kier alpha value is -0.364. The van der Waals surface area contributed by atoms with Gasteiger partial charge in [-0.25, -0.2) is 19.0 Å². The summed E-state index contributed by atoms with van der Waals surface area (Å²) in [5, 5.41) is 7.93. The first-order valence-corrected chi connectivity index (χ1v) is 5.53. The Morgan fingerprint density at radius 1 is 1.60 bits per heavy atom. The minimum Gasteiger partial charge on any atom is -0.757 e. The predicted molar refractivity (Wildman–Crippen MR) is 61.1 cm³/mol. The van der Waals surface area contributed by atoms with Crippen molar-refractivity contribution >= 4 is 18.8 Å². The summed E-state index contributed by atoms with van der Waals surface area (Å²) in [6, 6.07) is 0. The summed E-state index contributed by atoms with van der Waals surface area (Å²) in [4.78, 5) is 25.1. The molecule has 0 aromatic carbocycles. The maximum atomic E-state index is 13.3. The largest absolute Gasteiger partial charge is 1.00 e. The minimum atomic E-state index is -1.43. The molecule has 2 atom stereocenters. The summed E-state index contributed by atoms with van der Waals surface area (Å²) in [5.41, 5.74) is -0.749. The van der Waals surface area contributed by atoms with Crippen LogP contribution >= 0.6 is 0 Å². The molecule has 1 aliphatic rings. The number of ether oxygens (including phenoxy) is 2. The molecule has 1 aromatic heterocycles. The SMILES string of the molecule is O=C(O)OCC1C=CC(n2cc(F)c([S-])nc2=O)O1.[K+]. The van der Waals surface area contributed by atoms with Crippen LogP contribution in [0.5, 0.6) is 0 Å². The van der Waals surface area contributed by atoms with Crippen molar-refractivity contribution in [1.82, 2.24) is 9.55 Å². The third kappa shape index (κ3) is 4.31. The average molecular weight is 326 g/mol. The maximum absolute atomic E-state index is 13.3. The second-order valence-electron chi connectivity index (χ2n) is 3.61. The zero-order valence-corrected chi connectivity index (χ0v) is 14.3. The first-order chi connectivity index (χ1) is 8.97. The number of aromatic nitrogens is 2. The second kappa shape index (κ2) is 7.59. The molecular formula is C10H8FKN2O5S.